The lowest BCUT2D eigenvalue weighted by Crippen LogP contribution is -2.71. The molecule has 0 heterocycles. The second kappa shape index (κ2) is 9.60. The summed E-state index contributed by atoms with van der Waals surface area (Å²) in [6, 6.07) is 0. The van der Waals surface area contributed by atoms with Gasteiger partial charge in [0.2, 0.25) is 0 Å². The molecule has 26 heteroatoms. The van der Waals surface area contributed by atoms with Gasteiger partial charge in [0.1, 0.15) is 0 Å². The van der Waals surface area contributed by atoms with Gasteiger partial charge in [0.15, 0.2) is 5.83 Å². The van der Waals surface area contributed by atoms with Crippen molar-refractivity contribution in [3.63, 3.8) is 0 Å². The van der Waals surface area contributed by atoms with Crippen LogP contribution in [-0.4, -0.2) is 66.4 Å². The third kappa shape index (κ3) is 6.18. The predicted molar refractivity (Wildman–Crippen MR) is 69.1 cm³/mol. The molecule has 0 saturated carbocycles. The van der Waals surface area contributed by atoms with Gasteiger partial charge in [0, 0.05) is 0 Å². The van der Waals surface area contributed by atoms with E-state index in [4.69, 9.17) is 0 Å². The molecule has 0 radical (unpaired) electrons. The summed E-state index contributed by atoms with van der Waals surface area (Å²) in [5, 5.41) is 0. The zero-order valence-electron chi connectivity index (χ0n) is 16.7. The van der Waals surface area contributed by atoms with E-state index in [1.54, 1.807) is 4.74 Å². The van der Waals surface area contributed by atoms with Gasteiger partial charge in [-0.05, 0) is 0 Å². The maximum Gasteiger partial charge on any atom is 0.460 e. The number of halogens is 22. The minimum atomic E-state index is -8.27. The van der Waals surface area contributed by atoms with Crippen LogP contribution in [0.1, 0.15) is 0 Å². The molecule has 2 unspecified atom stereocenters. The molecular formula is C13H2F22O4. The normalized spacial score (nSPS) is 18.3. The highest BCUT2D eigenvalue weighted by Crippen LogP contribution is 2.57. The molecule has 0 aromatic heterocycles. The van der Waals surface area contributed by atoms with Gasteiger partial charge >= 0.3 is 66.4 Å². The van der Waals surface area contributed by atoms with E-state index in [0.29, 0.717) is 0 Å². The second-order valence-electron chi connectivity index (χ2n) is 6.39. The zero-order valence-corrected chi connectivity index (χ0v) is 16.7. The Bertz CT molecular complexity index is 885. The van der Waals surface area contributed by atoms with Gasteiger partial charge in [-0.25, -0.2) is 9.18 Å². The van der Waals surface area contributed by atoms with Crippen molar-refractivity contribution in [2.75, 3.05) is 0 Å². The van der Waals surface area contributed by atoms with E-state index in [2.05, 4.69) is 0 Å². The predicted octanol–water partition coefficient (Wildman–Crippen LogP) is 7.11. The average Bonchev–Trinajstić information content (AvgIpc) is 2.59. The van der Waals surface area contributed by atoms with E-state index in [-0.39, 0.29) is 0 Å². The standard InChI is InChI=1S/C13H2F22O4/c1-2(14)5(16,17)39-7(18,12(31,32)33)13(34,35)38-4(15,8(19,20)21)3(36)37-6(9(22,23)24,10(25,26)27)11(28,29)30/h1H2. The van der Waals surface area contributed by atoms with Crippen molar-refractivity contribution in [3.8, 4) is 0 Å². The molecule has 0 saturated heterocycles. The Hall–Kier alpha value is -2.41. The van der Waals surface area contributed by atoms with Crippen molar-refractivity contribution in [1.82, 2.24) is 0 Å². The van der Waals surface area contributed by atoms with Crippen LogP contribution in [0, 0.1) is 0 Å². The molecular weight excluding hydrogens is 638 g/mol. The molecule has 0 fully saturated rings. The smallest absolute Gasteiger partial charge is 0.427 e. The fourth-order valence-electron chi connectivity index (χ4n) is 1.83. The van der Waals surface area contributed by atoms with Crippen LogP contribution in [0.25, 0.3) is 0 Å². The van der Waals surface area contributed by atoms with E-state index >= 15 is 0 Å². The summed E-state index contributed by atoms with van der Waals surface area (Å²) in [5.41, 5.74) is -8.27. The summed E-state index contributed by atoms with van der Waals surface area (Å²) in [6.07, 6.45) is -55.7. The number of ether oxygens (including phenoxy) is 3. The summed E-state index contributed by atoms with van der Waals surface area (Å²) < 4.78 is 289. The van der Waals surface area contributed by atoms with Gasteiger partial charge in [-0.3, -0.25) is 9.47 Å². The molecule has 39 heavy (non-hydrogen) atoms. The number of hydrogen-bond acceptors (Lipinski definition) is 4. The van der Waals surface area contributed by atoms with Crippen molar-refractivity contribution in [2.24, 2.45) is 0 Å². The number of hydrogen-bond donors (Lipinski definition) is 0. The third-order valence-electron chi connectivity index (χ3n) is 3.66. The van der Waals surface area contributed by atoms with Crippen molar-refractivity contribution in [2.45, 2.75) is 60.4 Å². The number of alkyl halides is 21. The Balaban J connectivity index is 7.28. The molecule has 0 aromatic carbocycles. The van der Waals surface area contributed by atoms with Crippen molar-refractivity contribution >= 4 is 5.97 Å². The minimum absolute atomic E-state index is 1.35. The quantitative estimate of drug-likeness (QED) is 0.210. The summed E-state index contributed by atoms with van der Waals surface area (Å²) in [4.78, 5) is 11.2. The number of carbonyl (C=O) groups is 1. The van der Waals surface area contributed by atoms with Crippen LogP contribution in [0.5, 0.6) is 0 Å². The van der Waals surface area contributed by atoms with Crippen LogP contribution in [-0.2, 0) is 19.0 Å². The topological polar surface area (TPSA) is 44.8 Å². The first kappa shape index (κ1) is 36.6. The summed E-state index contributed by atoms with van der Waals surface area (Å²) in [7, 11) is 0. The van der Waals surface area contributed by atoms with Crippen molar-refractivity contribution in [3.05, 3.63) is 12.4 Å². The van der Waals surface area contributed by atoms with E-state index in [1.165, 1.54) is 16.1 Å². The molecule has 232 valence electrons. The van der Waals surface area contributed by atoms with Crippen LogP contribution in [0.4, 0.5) is 96.6 Å². The number of esters is 1. The molecule has 0 amide bonds. The van der Waals surface area contributed by atoms with Crippen LogP contribution in [0.15, 0.2) is 12.4 Å². The van der Waals surface area contributed by atoms with Gasteiger partial charge in [-0.2, -0.15) is 92.2 Å². The summed E-state index contributed by atoms with van der Waals surface area (Å²) in [6.45, 7) is 1.42. The van der Waals surface area contributed by atoms with E-state index in [0.717, 1.165) is 0 Å². The van der Waals surface area contributed by atoms with Crippen LogP contribution < -0.4 is 0 Å². The fourth-order valence-corrected chi connectivity index (χ4v) is 1.83. The number of carbonyl (C=O) groups excluding carboxylic acids is 1. The SMILES string of the molecule is C=C(F)C(F)(F)OC(F)(C(F)(F)F)C(F)(F)OC(F)(C(=O)OC(C(F)(F)F)(C(F)(F)F)C(F)(F)F)C(F)(F)F. The van der Waals surface area contributed by atoms with Crippen molar-refractivity contribution < 1.29 is 116 Å². The molecule has 0 aliphatic heterocycles. The van der Waals surface area contributed by atoms with Gasteiger partial charge in [0.05, 0.1) is 0 Å². The molecule has 0 rings (SSSR count). The molecule has 0 aliphatic rings. The van der Waals surface area contributed by atoms with E-state index in [9.17, 15) is 101 Å². The van der Waals surface area contributed by atoms with Crippen LogP contribution >= 0.6 is 0 Å². The second-order valence-corrected chi connectivity index (χ2v) is 6.39. The molecule has 0 bridgehead atoms. The Kier molecular flexibility index (Phi) is 9.01. The van der Waals surface area contributed by atoms with Gasteiger partial charge in [0.25, 0.3) is 0 Å². The first-order chi connectivity index (χ1) is 16.5. The molecule has 0 aliphatic carbocycles. The lowest BCUT2D eigenvalue weighted by atomic mass is 10.0. The summed E-state index contributed by atoms with van der Waals surface area (Å²) in [5.74, 6) is -25.4. The maximum absolute atomic E-state index is 14.1. The summed E-state index contributed by atoms with van der Waals surface area (Å²) >= 11 is 0. The highest BCUT2D eigenvalue weighted by Gasteiger charge is 2.89. The first-order valence-corrected chi connectivity index (χ1v) is 7.94. The molecule has 0 spiro atoms. The minimum Gasteiger partial charge on any atom is -0.427 e. The lowest BCUT2D eigenvalue weighted by Gasteiger charge is -2.41. The Morgan fingerprint density at radius 3 is 1.08 bits per heavy atom. The maximum atomic E-state index is 14.1. The Morgan fingerprint density at radius 2 is 0.846 bits per heavy atom. The Labute approximate surface area is 196 Å². The highest BCUT2D eigenvalue weighted by atomic mass is 19.4. The number of rotatable bonds is 8. The molecule has 4 nitrogen and oxygen atoms in total. The van der Waals surface area contributed by atoms with Gasteiger partial charge in [-0.15, -0.1) is 0 Å². The zero-order chi connectivity index (χ0) is 32.3. The Morgan fingerprint density at radius 1 is 0.513 bits per heavy atom. The van der Waals surface area contributed by atoms with Crippen molar-refractivity contribution in [1.29, 1.82) is 0 Å². The molecule has 2 atom stereocenters. The van der Waals surface area contributed by atoms with Gasteiger partial charge in [-0.1, -0.05) is 6.58 Å². The van der Waals surface area contributed by atoms with E-state index in [1.807, 2.05) is 0 Å². The first-order valence-electron chi connectivity index (χ1n) is 7.94. The highest BCUT2D eigenvalue weighted by molar-refractivity contribution is 5.79. The average molecular weight is 640 g/mol. The molecule has 0 aromatic rings. The lowest BCUT2D eigenvalue weighted by molar-refractivity contribution is -0.524. The van der Waals surface area contributed by atoms with Crippen LogP contribution in [0.3, 0.4) is 0 Å². The fraction of sp³-hybridized carbons (Fsp3) is 0.769. The monoisotopic (exact) mass is 640 g/mol. The third-order valence-corrected chi connectivity index (χ3v) is 3.66. The largest absolute Gasteiger partial charge is 0.460 e. The van der Waals surface area contributed by atoms with Gasteiger partial charge < -0.3 is 4.74 Å². The van der Waals surface area contributed by atoms with Crippen LogP contribution in [0.2, 0.25) is 0 Å². The molecule has 0 N–H and O–H groups in total. The van der Waals surface area contributed by atoms with E-state index < -0.39 is 72.2 Å².